The highest BCUT2D eigenvalue weighted by molar-refractivity contribution is 5.51. The Morgan fingerprint density at radius 3 is 2.62 bits per heavy atom. The Morgan fingerprint density at radius 1 is 1.21 bits per heavy atom. The fraction of sp³-hybridized carbons (Fsp3) is 0.529. The van der Waals surface area contributed by atoms with Crippen molar-refractivity contribution in [3.05, 3.63) is 30.1 Å². The molecular formula is C17H26N6O. The largest absolute Gasteiger partial charge is 0.424 e. The molecule has 0 saturated carbocycles. The Bertz CT molecular complexity index is 675. The molecule has 0 unspecified atom stereocenters. The minimum Gasteiger partial charge on any atom is -0.424 e. The van der Waals surface area contributed by atoms with Gasteiger partial charge >= 0.3 is 6.01 Å². The van der Waals surface area contributed by atoms with Crippen LogP contribution in [0.1, 0.15) is 25.7 Å². The van der Waals surface area contributed by atoms with Crippen LogP contribution in [0, 0.1) is 0 Å². The van der Waals surface area contributed by atoms with Crippen molar-refractivity contribution in [3.63, 3.8) is 0 Å². The van der Waals surface area contributed by atoms with Gasteiger partial charge in [0.05, 0.1) is 6.04 Å². The van der Waals surface area contributed by atoms with Gasteiger partial charge in [0.15, 0.2) is 5.82 Å². The Balaban J connectivity index is 1.78. The van der Waals surface area contributed by atoms with Gasteiger partial charge in [0.2, 0.25) is 0 Å². The molecule has 2 N–H and O–H groups in total. The number of hydrogen-bond acceptors (Lipinski definition) is 6. The maximum absolute atomic E-state index is 5.98. The highest BCUT2D eigenvalue weighted by Crippen LogP contribution is 2.26. The number of rotatable bonds is 5. The summed E-state index contributed by atoms with van der Waals surface area (Å²) in [6, 6.07) is 8.45. The van der Waals surface area contributed by atoms with E-state index in [2.05, 4.69) is 39.2 Å². The highest BCUT2D eigenvalue weighted by Gasteiger charge is 2.17. The van der Waals surface area contributed by atoms with E-state index in [4.69, 9.17) is 10.5 Å². The third kappa shape index (κ3) is 3.52. The van der Waals surface area contributed by atoms with Crippen LogP contribution in [0.3, 0.4) is 0 Å². The lowest BCUT2D eigenvalue weighted by Crippen LogP contribution is -2.44. The van der Waals surface area contributed by atoms with Crippen LogP contribution < -0.4 is 15.4 Å². The van der Waals surface area contributed by atoms with Crippen LogP contribution in [0.25, 0.3) is 0 Å². The summed E-state index contributed by atoms with van der Waals surface area (Å²) in [7, 11) is 2.16. The lowest BCUT2D eigenvalue weighted by atomic mass is 10.2. The number of benzene rings is 1. The van der Waals surface area contributed by atoms with Crippen LogP contribution in [-0.4, -0.2) is 52.9 Å². The average molecular weight is 330 g/mol. The van der Waals surface area contributed by atoms with Gasteiger partial charge in [-0.2, -0.15) is 0 Å². The zero-order chi connectivity index (χ0) is 17.1. The smallest absolute Gasteiger partial charge is 0.322 e. The summed E-state index contributed by atoms with van der Waals surface area (Å²) in [5.74, 6) is 1.51. The van der Waals surface area contributed by atoms with E-state index in [-0.39, 0.29) is 6.04 Å². The van der Waals surface area contributed by atoms with Crippen molar-refractivity contribution in [1.29, 1.82) is 0 Å². The molecule has 0 amide bonds. The molecule has 0 bridgehead atoms. The second-order valence-corrected chi connectivity index (χ2v) is 6.26. The Morgan fingerprint density at radius 2 is 1.96 bits per heavy atom. The van der Waals surface area contributed by atoms with Crippen molar-refractivity contribution in [2.75, 3.05) is 38.1 Å². The molecule has 7 nitrogen and oxygen atoms in total. The van der Waals surface area contributed by atoms with E-state index in [1.807, 2.05) is 30.5 Å². The molecule has 1 fully saturated rings. The summed E-state index contributed by atoms with van der Waals surface area (Å²) >= 11 is 0. The zero-order valence-corrected chi connectivity index (χ0v) is 14.6. The molecule has 130 valence electrons. The number of ether oxygens (including phenoxy) is 1. The number of likely N-dealkylation sites (N-methyl/N-ethyl adjacent to an activating group) is 1. The SMILES string of the molecule is CCn1c(Oc2cccc(N3CCN(C)CC3)c2)nnc1[C@@H](C)N. The Kier molecular flexibility index (Phi) is 5.01. The van der Waals surface area contributed by atoms with E-state index >= 15 is 0 Å². The van der Waals surface area contributed by atoms with Gasteiger partial charge in [-0.1, -0.05) is 11.2 Å². The van der Waals surface area contributed by atoms with Gasteiger partial charge < -0.3 is 20.3 Å². The number of aromatic nitrogens is 3. The summed E-state index contributed by atoms with van der Waals surface area (Å²) in [4.78, 5) is 4.72. The fourth-order valence-electron chi connectivity index (χ4n) is 2.92. The van der Waals surface area contributed by atoms with Crippen molar-refractivity contribution in [2.45, 2.75) is 26.4 Å². The third-order valence-electron chi connectivity index (χ3n) is 4.36. The summed E-state index contributed by atoms with van der Waals surface area (Å²) in [5, 5.41) is 8.30. The first-order chi connectivity index (χ1) is 11.6. The molecule has 24 heavy (non-hydrogen) atoms. The van der Waals surface area contributed by atoms with Gasteiger partial charge in [-0.15, -0.1) is 5.10 Å². The molecule has 3 rings (SSSR count). The number of nitrogens with zero attached hydrogens (tertiary/aromatic N) is 5. The van der Waals surface area contributed by atoms with Crippen LogP contribution in [-0.2, 0) is 6.54 Å². The zero-order valence-electron chi connectivity index (χ0n) is 14.6. The van der Waals surface area contributed by atoms with Gasteiger partial charge in [-0.3, -0.25) is 4.57 Å². The molecule has 2 aromatic rings. The molecule has 0 spiro atoms. The van der Waals surface area contributed by atoms with Gasteiger partial charge in [0, 0.05) is 44.5 Å². The normalized spacial score (nSPS) is 17.1. The van der Waals surface area contributed by atoms with Crippen LogP contribution >= 0.6 is 0 Å². The molecule has 1 aromatic heterocycles. The van der Waals surface area contributed by atoms with Crippen molar-refractivity contribution in [3.8, 4) is 11.8 Å². The molecule has 1 atom stereocenters. The first-order valence-electron chi connectivity index (χ1n) is 8.48. The monoisotopic (exact) mass is 330 g/mol. The summed E-state index contributed by atoms with van der Waals surface area (Å²) in [6.45, 7) is 8.86. The fourth-order valence-corrected chi connectivity index (χ4v) is 2.92. The van der Waals surface area contributed by atoms with Crippen LogP contribution in [0.4, 0.5) is 5.69 Å². The number of nitrogens with two attached hydrogens (primary N) is 1. The molecule has 1 aliphatic heterocycles. The molecule has 1 aromatic carbocycles. The minimum atomic E-state index is -0.175. The molecule has 0 aliphatic carbocycles. The van der Waals surface area contributed by atoms with E-state index in [0.29, 0.717) is 6.01 Å². The van der Waals surface area contributed by atoms with E-state index in [1.54, 1.807) is 0 Å². The Labute approximate surface area is 143 Å². The molecule has 2 heterocycles. The molecule has 1 aliphatic rings. The van der Waals surface area contributed by atoms with E-state index in [1.165, 1.54) is 5.69 Å². The maximum Gasteiger partial charge on any atom is 0.322 e. The van der Waals surface area contributed by atoms with Crippen LogP contribution in [0.2, 0.25) is 0 Å². The van der Waals surface area contributed by atoms with Crippen molar-refractivity contribution >= 4 is 5.69 Å². The number of piperazine rings is 1. The summed E-state index contributed by atoms with van der Waals surface area (Å²) in [5.41, 5.74) is 7.12. The molecule has 1 saturated heterocycles. The van der Waals surface area contributed by atoms with Gasteiger partial charge in [-0.05, 0) is 33.0 Å². The van der Waals surface area contributed by atoms with Gasteiger partial charge in [0.25, 0.3) is 0 Å². The van der Waals surface area contributed by atoms with E-state index in [9.17, 15) is 0 Å². The first kappa shape index (κ1) is 16.7. The van der Waals surface area contributed by atoms with Gasteiger partial charge in [0.1, 0.15) is 5.75 Å². The lowest BCUT2D eigenvalue weighted by molar-refractivity contribution is 0.312. The van der Waals surface area contributed by atoms with Crippen LogP contribution in [0.5, 0.6) is 11.8 Å². The second kappa shape index (κ2) is 7.19. The molecular weight excluding hydrogens is 304 g/mol. The standard InChI is InChI=1S/C17H26N6O/c1-4-23-16(13(2)18)19-20-17(23)24-15-7-5-6-14(12-15)22-10-8-21(3)9-11-22/h5-7,12-13H,4,8-11,18H2,1-3H3/t13-/m1/s1. The summed E-state index contributed by atoms with van der Waals surface area (Å²) in [6.07, 6.45) is 0. The number of anilines is 1. The second-order valence-electron chi connectivity index (χ2n) is 6.26. The quantitative estimate of drug-likeness (QED) is 0.902. The Hall–Kier alpha value is -2.12. The third-order valence-corrected chi connectivity index (χ3v) is 4.36. The lowest BCUT2D eigenvalue weighted by Gasteiger charge is -2.34. The highest BCUT2D eigenvalue weighted by atomic mass is 16.5. The average Bonchev–Trinajstić information content (AvgIpc) is 2.98. The van der Waals surface area contributed by atoms with Crippen molar-refractivity contribution in [1.82, 2.24) is 19.7 Å². The first-order valence-corrected chi connectivity index (χ1v) is 8.48. The van der Waals surface area contributed by atoms with Crippen molar-refractivity contribution < 1.29 is 4.74 Å². The topological polar surface area (TPSA) is 72.4 Å². The van der Waals surface area contributed by atoms with Gasteiger partial charge in [-0.25, -0.2) is 0 Å². The molecule has 7 heteroatoms. The minimum absolute atomic E-state index is 0.175. The predicted molar refractivity (Wildman–Crippen MR) is 94.5 cm³/mol. The number of hydrogen-bond donors (Lipinski definition) is 1. The van der Waals surface area contributed by atoms with E-state index in [0.717, 1.165) is 44.3 Å². The summed E-state index contributed by atoms with van der Waals surface area (Å²) < 4.78 is 7.89. The maximum atomic E-state index is 5.98. The van der Waals surface area contributed by atoms with Crippen molar-refractivity contribution in [2.24, 2.45) is 5.73 Å². The predicted octanol–water partition coefficient (Wildman–Crippen LogP) is 1.86. The van der Waals surface area contributed by atoms with E-state index < -0.39 is 0 Å². The molecule has 0 radical (unpaired) electrons. The van der Waals surface area contributed by atoms with Crippen LogP contribution in [0.15, 0.2) is 24.3 Å².